The van der Waals surface area contributed by atoms with Crippen LogP contribution in [-0.4, -0.2) is 35.7 Å². The van der Waals surface area contributed by atoms with Gasteiger partial charge in [0, 0.05) is 12.5 Å². The van der Waals surface area contributed by atoms with Crippen LogP contribution < -0.4 is 10.7 Å². The standard InChI is InChI=1S/C24H21N9O/c1-15-8-9-22(30-29-15)28-17-12-26-23-20(13-27-32(23)14-17)19-6-4-5-7-21(19)24(3)10-18(11-25)33(31-24)16(2)34/h4-10,12-14,31H,1-3H3,(H,28,30). The third-order valence-electron chi connectivity index (χ3n) is 5.64. The van der Waals surface area contributed by atoms with Crippen molar-refractivity contribution < 1.29 is 4.79 Å². The van der Waals surface area contributed by atoms with Gasteiger partial charge in [-0.05, 0) is 43.2 Å². The quantitative estimate of drug-likeness (QED) is 0.485. The molecule has 3 aromatic heterocycles. The molecule has 4 aromatic rings. The van der Waals surface area contributed by atoms with Gasteiger partial charge in [-0.15, -0.1) is 5.10 Å². The van der Waals surface area contributed by atoms with E-state index in [4.69, 9.17) is 0 Å². The van der Waals surface area contributed by atoms with E-state index in [0.29, 0.717) is 11.5 Å². The second kappa shape index (κ2) is 8.06. The number of carbonyl (C=O) groups excluding carboxylic acids is 1. The van der Waals surface area contributed by atoms with Crippen LogP contribution in [0.1, 0.15) is 25.1 Å². The molecule has 1 aromatic carbocycles. The monoisotopic (exact) mass is 451 g/mol. The number of carbonyl (C=O) groups is 1. The topological polar surface area (TPSA) is 124 Å². The molecule has 0 bridgehead atoms. The van der Waals surface area contributed by atoms with Crippen LogP contribution in [0.3, 0.4) is 0 Å². The first-order chi connectivity index (χ1) is 16.4. The summed E-state index contributed by atoms with van der Waals surface area (Å²) in [5, 5.41) is 26.6. The summed E-state index contributed by atoms with van der Waals surface area (Å²) in [6.45, 7) is 5.22. The normalized spacial score (nSPS) is 17.5. The summed E-state index contributed by atoms with van der Waals surface area (Å²) in [6, 6.07) is 13.6. The lowest BCUT2D eigenvalue weighted by molar-refractivity contribution is -0.129. The number of nitriles is 1. The summed E-state index contributed by atoms with van der Waals surface area (Å²) < 4.78 is 1.69. The van der Waals surface area contributed by atoms with Crippen molar-refractivity contribution in [3.05, 3.63) is 78.0 Å². The third kappa shape index (κ3) is 3.64. The minimum absolute atomic E-state index is 0.259. The van der Waals surface area contributed by atoms with Gasteiger partial charge in [0.15, 0.2) is 11.5 Å². The highest BCUT2D eigenvalue weighted by atomic mass is 16.2. The van der Waals surface area contributed by atoms with Crippen LogP contribution in [0.5, 0.6) is 0 Å². The van der Waals surface area contributed by atoms with E-state index >= 15 is 0 Å². The zero-order chi connectivity index (χ0) is 23.9. The molecule has 1 aliphatic heterocycles. The number of hydrazine groups is 1. The van der Waals surface area contributed by atoms with Gasteiger partial charge in [-0.1, -0.05) is 24.3 Å². The molecule has 0 aliphatic carbocycles. The van der Waals surface area contributed by atoms with Gasteiger partial charge in [-0.3, -0.25) is 4.79 Å². The Morgan fingerprint density at radius 3 is 2.68 bits per heavy atom. The molecular formula is C24H21N9O. The largest absolute Gasteiger partial charge is 0.336 e. The summed E-state index contributed by atoms with van der Waals surface area (Å²) in [5.41, 5.74) is 7.50. The number of anilines is 2. The molecule has 0 fully saturated rings. The van der Waals surface area contributed by atoms with Gasteiger partial charge in [0.25, 0.3) is 0 Å². The second-order valence-electron chi connectivity index (χ2n) is 8.21. The fraction of sp³-hybridized carbons (Fsp3) is 0.167. The van der Waals surface area contributed by atoms with Crippen LogP contribution in [0.25, 0.3) is 16.8 Å². The lowest BCUT2D eigenvalue weighted by atomic mass is 9.86. The van der Waals surface area contributed by atoms with Crippen LogP contribution in [0.4, 0.5) is 11.5 Å². The van der Waals surface area contributed by atoms with Crippen molar-refractivity contribution in [2.75, 3.05) is 5.32 Å². The van der Waals surface area contributed by atoms with Gasteiger partial charge in [-0.2, -0.15) is 15.5 Å². The van der Waals surface area contributed by atoms with E-state index in [0.717, 1.165) is 28.1 Å². The molecule has 1 amide bonds. The summed E-state index contributed by atoms with van der Waals surface area (Å²) in [7, 11) is 0. The van der Waals surface area contributed by atoms with Gasteiger partial charge < -0.3 is 5.32 Å². The van der Waals surface area contributed by atoms with Crippen LogP contribution in [0.15, 0.2) is 66.8 Å². The fourth-order valence-corrected chi connectivity index (χ4v) is 4.04. The molecule has 0 saturated heterocycles. The Morgan fingerprint density at radius 2 is 1.97 bits per heavy atom. The van der Waals surface area contributed by atoms with Crippen LogP contribution in [-0.2, 0) is 10.3 Å². The molecule has 168 valence electrons. The molecule has 10 heteroatoms. The summed E-state index contributed by atoms with van der Waals surface area (Å²) >= 11 is 0. The smallest absolute Gasteiger partial charge is 0.238 e. The van der Waals surface area contributed by atoms with Gasteiger partial charge >= 0.3 is 0 Å². The highest BCUT2D eigenvalue weighted by Gasteiger charge is 2.38. The highest BCUT2D eigenvalue weighted by Crippen LogP contribution is 2.38. The first-order valence-electron chi connectivity index (χ1n) is 10.6. The van der Waals surface area contributed by atoms with Crippen LogP contribution in [0.2, 0.25) is 0 Å². The van der Waals surface area contributed by atoms with Crippen molar-refractivity contribution in [1.82, 2.24) is 35.2 Å². The van der Waals surface area contributed by atoms with Crippen molar-refractivity contribution in [3.63, 3.8) is 0 Å². The lowest BCUT2D eigenvalue weighted by Gasteiger charge is -2.28. The molecule has 4 heterocycles. The maximum Gasteiger partial charge on any atom is 0.238 e. The molecule has 2 N–H and O–H groups in total. The average molecular weight is 451 g/mol. The van der Waals surface area contributed by atoms with Crippen LogP contribution in [0, 0.1) is 18.3 Å². The number of allylic oxidation sites excluding steroid dienone is 1. The molecule has 0 spiro atoms. The lowest BCUT2D eigenvalue weighted by Crippen LogP contribution is -2.45. The Morgan fingerprint density at radius 1 is 1.15 bits per heavy atom. The minimum atomic E-state index is -0.771. The summed E-state index contributed by atoms with van der Waals surface area (Å²) in [6.07, 6.45) is 7.06. The number of amides is 1. The Kier molecular flexibility index (Phi) is 5.03. The van der Waals surface area contributed by atoms with Gasteiger partial charge in [0.05, 0.1) is 35.5 Å². The van der Waals surface area contributed by atoms with Gasteiger partial charge in [0.2, 0.25) is 5.91 Å². The van der Waals surface area contributed by atoms with E-state index in [9.17, 15) is 10.1 Å². The molecule has 1 unspecified atom stereocenters. The summed E-state index contributed by atoms with van der Waals surface area (Å²) in [4.78, 5) is 16.7. The van der Waals surface area contributed by atoms with Crippen molar-refractivity contribution >= 4 is 23.1 Å². The fourth-order valence-electron chi connectivity index (χ4n) is 4.04. The number of nitrogens with one attached hydrogen (secondary N) is 2. The second-order valence-corrected chi connectivity index (χ2v) is 8.21. The third-order valence-corrected chi connectivity index (χ3v) is 5.64. The Balaban J connectivity index is 1.53. The minimum Gasteiger partial charge on any atom is -0.336 e. The Labute approximate surface area is 195 Å². The molecule has 1 aliphatic rings. The molecule has 1 atom stereocenters. The SMILES string of the molecule is CC(=O)N1NC(C)(c2ccccc2-c2cnn3cc(Nc4ccc(C)nn4)cnc23)C=C1C#N. The molecule has 0 radical (unpaired) electrons. The number of nitrogens with zero attached hydrogens (tertiary/aromatic N) is 7. The zero-order valence-corrected chi connectivity index (χ0v) is 18.8. The first-order valence-corrected chi connectivity index (χ1v) is 10.6. The number of rotatable bonds is 4. The number of aromatic nitrogens is 5. The molecular weight excluding hydrogens is 430 g/mol. The molecule has 10 nitrogen and oxygen atoms in total. The molecule has 0 saturated carbocycles. The van der Waals surface area contributed by atoms with Gasteiger partial charge in [0.1, 0.15) is 11.8 Å². The predicted octanol–water partition coefficient (Wildman–Crippen LogP) is 3.23. The number of hydrogen-bond acceptors (Lipinski definition) is 8. The van der Waals surface area contributed by atoms with Crippen molar-refractivity contribution in [3.8, 4) is 17.2 Å². The van der Waals surface area contributed by atoms with E-state index in [2.05, 4.69) is 37.1 Å². The maximum atomic E-state index is 12.0. The summed E-state index contributed by atoms with van der Waals surface area (Å²) in [5.74, 6) is 0.352. The van der Waals surface area contributed by atoms with Crippen molar-refractivity contribution in [2.24, 2.45) is 0 Å². The van der Waals surface area contributed by atoms with Gasteiger partial charge in [-0.25, -0.2) is 19.9 Å². The Hall–Kier alpha value is -4.62. The van der Waals surface area contributed by atoms with Crippen molar-refractivity contribution in [1.29, 1.82) is 5.26 Å². The van der Waals surface area contributed by atoms with E-state index < -0.39 is 5.54 Å². The van der Waals surface area contributed by atoms with Crippen molar-refractivity contribution in [2.45, 2.75) is 26.3 Å². The predicted molar refractivity (Wildman–Crippen MR) is 125 cm³/mol. The van der Waals surface area contributed by atoms with Crippen LogP contribution >= 0.6 is 0 Å². The number of aryl methyl sites for hydroxylation is 1. The number of benzene rings is 1. The number of hydrogen-bond donors (Lipinski definition) is 2. The van der Waals surface area contributed by atoms with E-state index in [1.54, 1.807) is 23.0 Å². The first kappa shape index (κ1) is 21.2. The van der Waals surface area contributed by atoms with E-state index in [1.165, 1.54) is 11.9 Å². The maximum absolute atomic E-state index is 12.0. The number of fused-ring (bicyclic) bond motifs is 1. The molecule has 5 rings (SSSR count). The van der Waals surface area contributed by atoms with E-state index in [-0.39, 0.29) is 11.6 Å². The zero-order valence-electron chi connectivity index (χ0n) is 18.8. The molecule has 34 heavy (non-hydrogen) atoms. The highest BCUT2D eigenvalue weighted by molar-refractivity contribution is 5.82. The Bertz CT molecular complexity index is 1480. The van der Waals surface area contributed by atoms with E-state index in [1.807, 2.05) is 56.4 Å². The average Bonchev–Trinajstić information content (AvgIpc) is 3.42.